The van der Waals surface area contributed by atoms with E-state index in [2.05, 4.69) is 44.7 Å². The van der Waals surface area contributed by atoms with Gasteiger partial charge < -0.3 is 4.57 Å². The summed E-state index contributed by atoms with van der Waals surface area (Å²) in [6, 6.07) is 0.590. The molecule has 0 aliphatic heterocycles. The Labute approximate surface area is 240 Å². The number of hydrogen-bond acceptors (Lipinski definition) is 1. The molecule has 2 atom stereocenters. The highest BCUT2D eigenvalue weighted by Crippen LogP contribution is 2.30. The van der Waals surface area contributed by atoms with E-state index in [1.165, 1.54) is 179 Å². The first-order valence-electron chi connectivity index (χ1n) is 17.8. The molecule has 0 saturated carbocycles. The number of unbranched alkanes of at least 4 members (excludes halogenated alkanes) is 21. The molecule has 0 aromatic carbocycles. The molecule has 1 rings (SSSR count). The Kier molecular flexibility index (Phi) is 24.5. The summed E-state index contributed by atoms with van der Waals surface area (Å²) in [6.45, 7) is 9.38. The monoisotopic (exact) mass is 531 g/mol. The second-order valence-electron chi connectivity index (χ2n) is 12.5. The van der Waals surface area contributed by atoms with Gasteiger partial charge in [-0.25, -0.2) is 4.98 Å². The van der Waals surface area contributed by atoms with Gasteiger partial charge in [0.1, 0.15) is 5.82 Å². The Morgan fingerprint density at radius 1 is 0.500 bits per heavy atom. The summed E-state index contributed by atoms with van der Waals surface area (Å²) in [5.74, 6) is 2.06. The highest BCUT2D eigenvalue weighted by atomic mass is 15.1. The zero-order valence-electron chi connectivity index (χ0n) is 26.8. The third-order valence-corrected chi connectivity index (χ3v) is 8.83. The molecule has 0 saturated heterocycles. The Bertz CT molecular complexity index is 592. The van der Waals surface area contributed by atoms with Crippen LogP contribution in [0.2, 0.25) is 0 Å². The van der Waals surface area contributed by atoms with Gasteiger partial charge in [-0.15, -0.1) is 0 Å². The van der Waals surface area contributed by atoms with E-state index in [4.69, 9.17) is 4.98 Å². The van der Waals surface area contributed by atoms with E-state index in [1.54, 1.807) is 0 Å². The lowest BCUT2D eigenvalue weighted by atomic mass is 9.93. The molecule has 0 bridgehead atoms. The SMILES string of the molecule is CCCCCCCCCCCCCCC(C)n1ccnc1C(CCCCCCC)CCCCCCCCC. The quantitative estimate of drug-likeness (QED) is 0.0941. The van der Waals surface area contributed by atoms with Crippen LogP contribution in [0.3, 0.4) is 0 Å². The van der Waals surface area contributed by atoms with Crippen molar-refractivity contribution >= 4 is 0 Å². The third-order valence-electron chi connectivity index (χ3n) is 8.83. The molecule has 1 aromatic heterocycles. The summed E-state index contributed by atoms with van der Waals surface area (Å²) in [7, 11) is 0. The first-order chi connectivity index (χ1) is 18.7. The molecular weight excluding hydrogens is 460 g/mol. The number of hydrogen-bond donors (Lipinski definition) is 0. The zero-order valence-corrected chi connectivity index (χ0v) is 26.8. The molecule has 0 spiro atoms. The fourth-order valence-electron chi connectivity index (χ4n) is 6.18. The number of imidazole rings is 1. The van der Waals surface area contributed by atoms with Gasteiger partial charge in [0.05, 0.1) is 0 Å². The first kappa shape index (κ1) is 35.2. The van der Waals surface area contributed by atoms with Crippen molar-refractivity contribution in [2.45, 2.75) is 213 Å². The number of rotatable bonds is 29. The first-order valence-corrected chi connectivity index (χ1v) is 17.8. The maximum atomic E-state index is 4.96. The van der Waals surface area contributed by atoms with Crippen LogP contribution >= 0.6 is 0 Å². The van der Waals surface area contributed by atoms with Crippen LogP contribution in [-0.2, 0) is 0 Å². The summed E-state index contributed by atoms with van der Waals surface area (Å²) in [6.07, 6.45) is 42.3. The molecule has 0 fully saturated rings. The van der Waals surface area contributed by atoms with Crippen LogP contribution in [0, 0.1) is 0 Å². The van der Waals surface area contributed by atoms with Gasteiger partial charge in [0, 0.05) is 24.4 Å². The van der Waals surface area contributed by atoms with Crippen LogP contribution in [0.15, 0.2) is 12.4 Å². The lowest BCUT2D eigenvalue weighted by molar-refractivity contribution is 0.412. The third kappa shape index (κ3) is 18.5. The minimum atomic E-state index is 0.590. The fraction of sp³-hybridized carbons (Fsp3) is 0.917. The Balaban J connectivity index is 2.36. The summed E-state index contributed by atoms with van der Waals surface area (Å²) in [5, 5.41) is 0. The van der Waals surface area contributed by atoms with Crippen molar-refractivity contribution in [1.82, 2.24) is 9.55 Å². The number of aromatic nitrogens is 2. The highest BCUT2D eigenvalue weighted by molar-refractivity contribution is 5.02. The van der Waals surface area contributed by atoms with E-state index in [0.29, 0.717) is 12.0 Å². The minimum Gasteiger partial charge on any atom is -0.332 e. The van der Waals surface area contributed by atoms with Crippen molar-refractivity contribution in [2.24, 2.45) is 0 Å². The van der Waals surface area contributed by atoms with Crippen LogP contribution in [-0.4, -0.2) is 9.55 Å². The van der Waals surface area contributed by atoms with Crippen molar-refractivity contribution in [2.75, 3.05) is 0 Å². The van der Waals surface area contributed by atoms with Gasteiger partial charge in [-0.3, -0.25) is 0 Å². The predicted molar refractivity (Wildman–Crippen MR) is 171 cm³/mol. The average Bonchev–Trinajstić information content (AvgIpc) is 3.42. The van der Waals surface area contributed by atoms with E-state index in [1.807, 2.05) is 0 Å². The maximum Gasteiger partial charge on any atom is 0.111 e. The van der Waals surface area contributed by atoms with E-state index < -0.39 is 0 Å². The minimum absolute atomic E-state index is 0.590. The van der Waals surface area contributed by atoms with Gasteiger partial charge >= 0.3 is 0 Å². The standard InChI is InChI=1S/C36H70N2/c1-5-8-11-14-16-17-18-19-20-22-24-26-29-34(4)38-33-32-37-36(38)35(30-27-23-13-10-7-3)31-28-25-21-15-12-9-6-2/h32-35H,5-31H2,1-4H3. The predicted octanol–water partition coefficient (Wildman–Crippen LogP) is 13.1. The van der Waals surface area contributed by atoms with Crippen molar-refractivity contribution in [3.05, 3.63) is 18.2 Å². The molecule has 0 aliphatic rings. The van der Waals surface area contributed by atoms with Crippen molar-refractivity contribution in [3.63, 3.8) is 0 Å². The van der Waals surface area contributed by atoms with E-state index in [-0.39, 0.29) is 0 Å². The lowest BCUT2D eigenvalue weighted by Crippen LogP contribution is -2.13. The molecule has 0 aliphatic carbocycles. The summed E-state index contributed by atoms with van der Waals surface area (Å²) in [5.41, 5.74) is 0. The molecule has 0 N–H and O–H groups in total. The van der Waals surface area contributed by atoms with E-state index in [9.17, 15) is 0 Å². The van der Waals surface area contributed by atoms with E-state index in [0.717, 1.165) is 0 Å². The van der Waals surface area contributed by atoms with Gasteiger partial charge in [0.15, 0.2) is 0 Å². The highest BCUT2D eigenvalue weighted by Gasteiger charge is 2.19. The average molecular weight is 531 g/mol. The molecule has 0 amide bonds. The second kappa shape index (κ2) is 26.4. The Morgan fingerprint density at radius 3 is 1.24 bits per heavy atom. The van der Waals surface area contributed by atoms with Crippen LogP contribution in [0.1, 0.15) is 219 Å². The molecule has 1 heterocycles. The van der Waals surface area contributed by atoms with Gasteiger partial charge in [-0.1, -0.05) is 175 Å². The topological polar surface area (TPSA) is 17.8 Å². The Hall–Kier alpha value is -0.790. The smallest absolute Gasteiger partial charge is 0.111 e. The zero-order chi connectivity index (χ0) is 27.5. The lowest BCUT2D eigenvalue weighted by Gasteiger charge is -2.22. The largest absolute Gasteiger partial charge is 0.332 e. The molecule has 2 nitrogen and oxygen atoms in total. The van der Waals surface area contributed by atoms with Crippen molar-refractivity contribution < 1.29 is 0 Å². The molecule has 38 heavy (non-hydrogen) atoms. The molecule has 2 heteroatoms. The van der Waals surface area contributed by atoms with Crippen LogP contribution in [0.25, 0.3) is 0 Å². The van der Waals surface area contributed by atoms with Crippen molar-refractivity contribution in [3.8, 4) is 0 Å². The van der Waals surface area contributed by atoms with Gasteiger partial charge in [-0.05, 0) is 26.2 Å². The van der Waals surface area contributed by atoms with Crippen LogP contribution in [0.5, 0.6) is 0 Å². The van der Waals surface area contributed by atoms with Gasteiger partial charge in [0.2, 0.25) is 0 Å². The molecule has 224 valence electrons. The summed E-state index contributed by atoms with van der Waals surface area (Å²) < 4.78 is 2.57. The molecular formula is C36H70N2. The summed E-state index contributed by atoms with van der Waals surface area (Å²) >= 11 is 0. The van der Waals surface area contributed by atoms with Crippen LogP contribution in [0.4, 0.5) is 0 Å². The normalized spacial score (nSPS) is 13.3. The van der Waals surface area contributed by atoms with Crippen molar-refractivity contribution in [1.29, 1.82) is 0 Å². The second-order valence-corrected chi connectivity index (χ2v) is 12.5. The molecule has 1 aromatic rings. The fourth-order valence-corrected chi connectivity index (χ4v) is 6.18. The maximum absolute atomic E-state index is 4.96. The summed E-state index contributed by atoms with van der Waals surface area (Å²) in [4.78, 5) is 4.96. The van der Waals surface area contributed by atoms with E-state index >= 15 is 0 Å². The Morgan fingerprint density at radius 2 is 0.842 bits per heavy atom. The molecule has 2 unspecified atom stereocenters. The van der Waals surface area contributed by atoms with Gasteiger partial charge in [-0.2, -0.15) is 0 Å². The molecule has 0 radical (unpaired) electrons. The van der Waals surface area contributed by atoms with Crippen LogP contribution < -0.4 is 0 Å². The number of nitrogens with zero attached hydrogens (tertiary/aromatic N) is 2. The van der Waals surface area contributed by atoms with Gasteiger partial charge in [0.25, 0.3) is 0 Å².